The van der Waals surface area contributed by atoms with Crippen molar-refractivity contribution in [1.82, 2.24) is 19.4 Å². The molecule has 0 N–H and O–H groups in total. The van der Waals surface area contributed by atoms with Crippen LogP contribution in [0.15, 0.2) is 41.2 Å². The SMILES string of the molecule is [C-]#[N+]c1ccc2c(n1)c(N1C[C@@H](C)C(N(C)C(=O)c3ccc(F)cc3)C[C@@H]1C)nc(=O)n2C. The highest BCUT2D eigenvalue weighted by Crippen LogP contribution is 2.33. The maximum atomic E-state index is 13.3. The number of fused-ring (bicyclic) bond motifs is 1. The fourth-order valence-corrected chi connectivity index (χ4v) is 4.56. The number of rotatable bonds is 3. The Morgan fingerprint density at radius 1 is 1.18 bits per heavy atom. The smallest absolute Gasteiger partial charge is 0.350 e. The number of hydrogen-bond acceptors (Lipinski definition) is 5. The van der Waals surface area contributed by atoms with Gasteiger partial charge in [0.25, 0.3) is 11.7 Å². The molecule has 0 spiro atoms. The second-order valence-electron chi connectivity index (χ2n) is 8.63. The summed E-state index contributed by atoms with van der Waals surface area (Å²) in [6.45, 7) is 11.9. The van der Waals surface area contributed by atoms with Crippen LogP contribution in [0.3, 0.4) is 0 Å². The van der Waals surface area contributed by atoms with Crippen molar-refractivity contribution in [3.05, 3.63) is 69.7 Å². The Kier molecular flexibility index (Phi) is 5.85. The van der Waals surface area contributed by atoms with Gasteiger partial charge in [-0.1, -0.05) is 13.5 Å². The molecule has 3 atom stereocenters. The summed E-state index contributed by atoms with van der Waals surface area (Å²) in [5.74, 6) is 0.232. The van der Waals surface area contributed by atoms with Crippen LogP contribution in [-0.2, 0) is 7.05 Å². The van der Waals surface area contributed by atoms with Gasteiger partial charge in [-0.3, -0.25) is 9.36 Å². The topological polar surface area (TPSA) is 75.7 Å². The van der Waals surface area contributed by atoms with Crippen molar-refractivity contribution >= 4 is 28.6 Å². The number of carbonyl (C=O) groups is 1. The zero-order valence-electron chi connectivity index (χ0n) is 19.0. The van der Waals surface area contributed by atoms with E-state index in [1.807, 2.05) is 11.8 Å². The lowest BCUT2D eigenvalue weighted by Crippen LogP contribution is -2.54. The number of amides is 1. The van der Waals surface area contributed by atoms with E-state index in [2.05, 4.69) is 21.7 Å². The summed E-state index contributed by atoms with van der Waals surface area (Å²) >= 11 is 0. The van der Waals surface area contributed by atoms with E-state index in [1.165, 1.54) is 28.8 Å². The number of benzene rings is 1. The zero-order chi connectivity index (χ0) is 23.9. The van der Waals surface area contributed by atoms with E-state index in [4.69, 9.17) is 6.57 Å². The van der Waals surface area contributed by atoms with E-state index in [-0.39, 0.29) is 41.2 Å². The van der Waals surface area contributed by atoms with Crippen molar-refractivity contribution in [1.29, 1.82) is 0 Å². The first-order chi connectivity index (χ1) is 15.7. The fraction of sp³-hybridized carbons (Fsp3) is 0.375. The average Bonchev–Trinajstić information content (AvgIpc) is 2.82. The number of hydrogen-bond donors (Lipinski definition) is 0. The lowest BCUT2D eigenvalue weighted by Gasteiger charge is -2.45. The number of piperidine rings is 1. The van der Waals surface area contributed by atoms with Gasteiger partial charge in [0.05, 0.1) is 5.52 Å². The highest BCUT2D eigenvalue weighted by Gasteiger charge is 2.37. The fourth-order valence-electron chi connectivity index (χ4n) is 4.56. The molecule has 1 aromatic carbocycles. The highest BCUT2D eigenvalue weighted by molar-refractivity contribution is 5.94. The number of carbonyl (C=O) groups excluding carboxylic acids is 1. The molecule has 0 aliphatic carbocycles. The Balaban J connectivity index is 1.65. The third kappa shape index (κ3) is 4.04. The third-order valence-electron chi connectivity index (χ3n) is 6.47. The molecule has 3 aromatic rings. The first-order valence-electron chi connectivity index (χ1n) is 10.8. The number of pyridine rings is 1. The van der Waals surface area contributed by atoms with Crippen LogP contribution in [-0.4, -0.2) is 51.0 Å². The van der Waals surface area contributed by atoms with Gasteiger partial charge >= 0.3 is 5.69 Å². The van der Waals surface area contributed by atoms with E-state index in [1.54, 1.807) is 31.1 Å². The van der Waals surface area contributed by atoms with Crippen molar-refractivity contribution < 1.29 is 9.18 Å². The molecule has 0 radical (unpaired) electrons. The van der Waals surface area contributed by atoms with Crippen molar-refractivity contribution in [3.8, 4) is 0 Å². The van der Waals surface area contributed by atoms with Gasteiger partial charge in [-0.15, -0.1) is 4.98 Å². The Labute approximate surface area is 191 Å². The molecular formula is C24H25FN6O2. The number of anilines is 1. The zero-order valence-corrected chi connectivity index (χ0v) is 19.0. The van der Waals surface area contributed by atoms with Crippen LogP contribution in [0.2, 0.25) is 0 Å². The summed E-state index contributed by atoms with van der Waals surface area (Å²) in [6, 6.07) is 8.79. The monoisotopic (exact) mass is 448 g/mol. The van der Waals surface area contributed by atoms with Crippen LogP contribution in [0.5, 0.6) is 0 Å². The largest absolute Gasteiger partial charge is 0.361 e. The molecule has 2 aromatic heterocycles. The maximum Gasteiger partial charge on any atom is 0.350 e. The maximum absolute atomic E-state index is 13.3. The van der Waals surface area contributed by atoms with E-state index in [0.717, 1.165) is 0 Å². The van der Waals surface area contributed by atoms with Crippen LogP contribution >= 0.6 is 0 Å². The molecule has 9 heteroatoms. The number of nitrogens with zero attached hydrogens (tertiary/aromatic N) is 6. The Bertz CT molecular complexity index is 1310. The van der Waals surface area contributed by atoms with Crippen molar-refractivity contribution in [2.24, 2.45) is 13.0 Å². The second-order valence-corrected chi connectivity index (χ2v) is 8.63. The minimum absolute atomic E-state index is 0.0316. The molecule has 1 saturated heterocycles. The van der Waals surface area contributed by atoms with Crippen molar-refractivity contribution in [2.75, 3.05) is 18.5 Å². The van der Waals surface area contributed by atoms with Crippen molar-refractivity contribution in [3.63, 3.8) is 0 Å². The molecule has 3 heterocycles. The molecule has 8 nitrogen and oxygen atoms in total. The van der Waals surface area contributed by atoms with Crippen LogP contribution in [0.4, 0.5) is 16.0 Å². The predicted octanol–water partition coefficient (Wildman–Crippen LogP) is 3.39. The lowest BCUT2D eigenvalue weighted by atomic mass is 9.88. The van der Waals surface area contributed by atoms with Gasteiger partial charge < -0.3 is 14.6 Å². The first kappa shape index (κ1) is 22.4. The first-order valence-corrected chi connectivity index (χ1v) is 10.8. The molecular weight excluding hydrogens is 423 g/mol. The van der Waals surface area contributed by atoms with E-state index in [9.17, 15) is 14.0 Å². The molecule has 1 aliphatic rings. The average molecular weight is 449 g/mol. The second kappa shape index (κ2) is 8.62. The summed E-state index contributed by atoms with van der Waals surface area (Å²) < 4.78 is 14.7. The standard InChI is InChI=1S/C24H25FN6O2/c1-14-13-31(22-21-18(30(5)24(33)28-22)10-11-20(26-3)27-21)15(2)12-19(14)29(4)23(32)16-6-8-17(25)9-7-16/h6-11,14-15,19H,12-13H2,1-2,4-5H3/t14-,15+,19?/m1/s1. The third-order valence-corrected chi connectivity index (χ3v) is 6.47. The predicted molar refractivity (Wildman–Crippen MR) is 124 cm³/mol. The summed E-state index contributed by atoms with van der Waals surface area (Å²) in [5.41, 5.74) is 1.18. The van der Waals surface area contributed by atoms with Crippen LogP contribution in [0.25, 0.3) is 15.9 Å². The molecule has 1 fully saturated rings. The Morgan fingerprint density at radius 3 is 2.55 bits per heavy atom. The molecule has 0 saturated carbocycles. The quantitative estimate of drug-likeness (QED) is 0.574. The lowest BCUT2D eigenvalue weighted by molar-refractivity contribution is 0.0637. The number of aromatic nitrogens is 3. The summed E-state index contributed by atoms with van der Waals surface area (Å²) in [5, 5.41) is 0. The van der Waals surface area contributed by atoms with Gasteiger partial charge in [-0.05, 0) is 55.7 Å². The number of aryl methyl sites for hydroxylation is 1. The number of halogens is 1. The molecule has 33 heavy (non-hydrogen) atoms. The summed E-state index contributed by atoms with van der Waals surface area (Å²) in [4.78, 5) is 41.4. The van der Waals surface area contributed by atoms with Gasteiger partial charge in [0.1, 0.15) is 5.82 Å². The summed E-state index contributed by atoms with van der Waals surface area (Å²) in [7, 11) is 3.40. The normalized spacial score (nSPS) is 20.5. The van der Waals surface area contributed by atoms with Crippen LogP contribution in [0, 0.1) is 18.3 Å². The van der Waals surface area contributed by atoms with Gasteiger partial charge in [0.2, 0.25) is 5.52 Å². The molecule has 4 rings (SSSR count). The van der Waals surface area contributed by atoms with Gasteiger partial charge in [-0.25, -0.2) is 9.18 Å². The van der Waals surface area contributed by atoms with Crippen molar-refractivity contribution in [2.45, 2.75) is 32.4 Å². The van der Waals surface area contributed by atoms with Crippen LogP contribution in [0.1, 0.15) is 30.6 Å². The van der Waals surface area contributed by atoms with E-state index in [0.29, 0.717) is 35.4 Å². The molecule has 1 aliphatic heterocycles. The molecule has 1 amide bonds. The summed E-state index contributed by atoms with van der Waals surface area (Å²) in [6.07, 6.45) is 0.658. The van der Waals surface area contributed by atoms with E-state index >= 15 is 0 Å². The molecule has 1 unspecified atom stereocenters. The molecule has 170 valence electrons. The minimum atomic E-state index is -0.388. The minimum Gasteiger partial charge on any atom is -0.361 e. The van der Waals surface area contributed by atoms with Crippen LogP contribution < -0.4 is 10.6 Å². The Hall–Kier alpha value is -3.80. The van der Waals surface area contributed by atoms with Gasteiger partial charge in [0.15, 0.2) is 5.82 Å². The highest BCUT2D eigenvalue weighted by atomic mass is 19.1. The Morgan fingerprint density at radius 2 is 1.88 bits per heavy atom. The van der Waals surface area contributed by atoms with Gasteiger partial charge in [-0.2, -0.15) is 4.98 Å². The van der Waals surface area contributed by atoms with Gasteiger partial charge in [0, 0.05) is 38.3 Å². The molecule has 0 bridgehead atoms. The van der Waals surface area contributed by atoms with E-state index < -0.39 is 0 Å².